The van der Waals surface area contributed by atoms with Gasteiger partial charge in [0, 0.05) is 18.6 Å². The Morgan fingerprint density at radius 3 is 2.79 bits per heavy atom. The van der Waals surface area contributed by atoms with Gasteiger partial charge in [-0.15, -0.1) is 0 Å². The Morgan fingerprint density at radius 1 is 1.21 bits per heavy atom. The van der Waals surface area contributed by atoms with Crippen LogP contribution in [0.3, 0.4) is 0 Å². The van der Waals surface area contributed by atoms with E-state index in [4.69, 9.17) is 4.74 Å². The van der Waals surface area contributed by atoms with Gasteiger partial charge in [-0.05, 0) is 64.1 Å². The summed E-state index contributed by atoms with van der Waals surface area (Å²) in [6, 6.07) is 9.72. The van der Waals surface area contributed by atoms with Gasteiger partial charge >= 0.3 is 6.09 Å². The fourth-order valence-electron chi connectivity index (χ4n) is 4.78. The monoisotopic (exact) mass is 328 g/mol. The van der Waals surface area contributed by atoms with Crippen molar-refractivity contribution in [2.75, 3.05) is 13.1 Å². The Labute approximate surface area is 144 Å². The van der Waals surface area contributed by atoms with Gasteiger partial charge in [0.15, 0.2) is 0 Å². The van der Waals surface area contributed by atoms with Crippen LogP contribution < -0.4 is 0 Å². The molecule has 0 N–H and O–H groups in total. The number of ether oxygens (including phenoxy) is 1. The molecule has 1 aliphatic carbocycles. The highest BCUT2D eigenvalue weighted by molar-refractivity contribution is 5.69. The Bertz CT molecular complexity index is 637. The van der Waals surface area contributed by atoms with E-state index >= 15 is 0 Å². The molecule has 2 aliphatic heterocycles. The van der Waals surface area contributed by atoms with Crippen LogP contribution in [0, 0.1) is 0 Å². The molecular formula is C20H28N2O2. The van der Waals surface area contributed by atoms with E-state index in [9.17, 15) is 4.79 Å². The van der Waals surface area contributed by atoms with Crippen molar-refractivity contribution in [3.63, 3.8) is 0 Å². The van der Waals surface area contributed by atoms with Crippen LogP contribution in [-0.2, 0) is 11.2 Å². The number of carbonyl (C=O) groups excluding carboxylic acids is 1. The number of rotatable bonds is 0. The molecule has 0 unspecified atom stereocenters. The van der Waals surface area contributed by atoms with Crippen LogP contribution in [0.2, 0.25) is 0 Å². The highest BCUT2D eigenvalue weighted by atomic mass is 16.6. The molecule has 4 nitrogen and oxygen atoms in total. The molecule has 2 heterocycles. The van der Waals surface area contributed by atoms with E-state index in [2.05, 4.69) is 29.2 Å². The van der Waals surface area contributed by atoms with E-state index in [0.29, 0.717) is 12.1 Å². The summed E-state index contributed by atoms with van der Waals surface area (Å²) in [6.45, 7) is 7.82. The second kappa shape index (κ2) is 5.76. The predicted octanol–water partition coefficient (Wildman–Crippen LogP) is 3.76. The Morgan fingerprint density at radius 2 is 2.00 bits per heavy atom. The average Bonchev–Trinajstić information content (AvgIpc) is 3.00. The number of hydrogen-bond acceptors (Lipinski definition) is 3. The maximum Gasteiger partial charge on any atom is 0.410 e. The highest BCUT2D eigenvalue weighted by Crippen LogP contribution is 2.44. The Balaban J connectivity index is 1.71. The zero-order chi connectivity index (χ0) is 16.9. The number of amides is 1. The number of hydrogen-bond donors (Lipinski definition) is 0. The molecule has 4 heteroatoms. The van der Waals surface area contributed by atoms with Crippen LogP contribution in [0.25, 0.3) is 0 Å². The van der Waals surface area contributed by atoms with Crippen molar-refractivity contribution in [1.29, 1.82) is 0 Å². The lowest BCUT2D eigenvalue weighted by molar-refractivity contribution is -0.0359. The van der Waals surface area contributed by atoms with E-state index in [1.807, 2.05) is 25.7 Å². The van der Waals surface area contributed by atoms with Crippen molar-refractivity contribution in [2.45, 2.75) is 70.2 Å². The van der Waals surface area contributed by atoms with Crippen LogP contribution >= 0.6 is 0 Å². The lowest BCUT2D eigenvalue weighted by Gasteiger charge is -2.51. The molecule has 24 heavy (non-hydrogen) atoms. The molecule has 4 rings (SSSR count). The maximum absolute atomic E-state index is 13.0. The molecule has 0 bridgehead atoms. The summed E-state index contributed by atoms with van der Waals surface area (Å²) in [5.74, 6) is 0. The smallest absolute Gasteiger partial charge is 0.410 e. The summed E-state index contributed by atoms with van der Waals surface area (Å²) < 4.78 is 5.76. The van der Waals surface area contributed by atoms with Crippen molar-refractivity contribution in [3.8, 4) is 0 Å². The highest BCUT2D eigenvalue weighted by Gasteiger charge is 2.48. The molecule has 0 spiro atoms. The van der Waals surface area contributed by atoms with Crippen molar-refractivity contribution in [1.82, 2.24) is 9.80 Å². The van der Waals surface area contributed by atoms with Crippen LogP contribution in [0.4, 0.5) is 4.79 Å². The average molecular weight is 328 g/mol. The van der Waals surface area contributed by atoms with E-state index < -0.39 is 5.60 Å². The van der Waals surface area contributed by atoms with Crippen molar-refractivity contribution in [3.05, 3.63) is 35.4 Å². The topological polar surface area (TPSA) is 32.8 Å². The zero-order valence-corrected chi connectivity index (χ0v) is 15.0. The number of aryl methyl sites for hydroxylation is 1. The first kappa shape index (κ1) is 15.9. The Hall–Kier alpha value is -1.55. The first-order valence-electron chi connectivity index (χ1n) is 9.27. The zero-order valence-electron chi connectivity index (χ0n) is 15.0. The minimum absolute atomic E-state index is 0.138. The quantitative estimate of drug-likeness (QED) is 0.727. The molecular weight excluding hydrogens is 300 g/mol. The summed E-state index contributed by atoms with van der Waals surface area (Å²) in [5, 5.41) is 0. The van der Waals surface area contributed by atoms with Crippen LogP contribution in [0.1, 0.15) is 57.2 Å². The van der Waals surface area contributed by atoms with Crippen molar-refractivity contribution >= 4 is 6.09 Å². The molecule has 130 valence electrons. The summed E-state index contributed by atoms with van der Waals surface area (Å²) >= 11 is 0. The van der Waals surface area contributed by atoms with Gasteiger partial charge in [-0.25, -0.2) is 4.79 Å². The van der Waals surface area contributed by atoms with E-state index in [1.54, 1.807) is 0 Å². The third-order valence-corrected chi connectivity index (χ3v) is 5.67. The molecule has 0 aromatic heterocycles. The normalized spacial score (nSPS) is 29.6. The predicted molar refractivity (Wildman–Crippen MR) is 94.0 cm³/mol. The van der Waals surface area contributed by atoms with Crippen molar-refractivity contribution < 1.29 is 9.53 Å². The third kappa shape index (κ3) is 2.71. The van der Waals surface area contributed by atoms with Gasteiger partial charge in [0.1, 0.15) is 5.60 Å². The van der Waals surface area contributed by atoms with Gasteiger partial charge in [0.25, 0.3) is 0 Å². The number of carbonyl (C=O) groups is 1. The third-order valence-electron chi connectivity index (χ3n) is 5.67. The van der Waals surface area contributed by atoms with Crippen LogP contribution in [-0.4, -0.2) is 46.7 Å². The molecule has 0 radical (unpaired) electrons. The molecule has 1 aromatic rings. The molecule has 3 aliphatic rings. The number of piperazine rings is 1. The maximum atomic E-state index is 13.0. The van der Waals surface area contributed by atoms with Gasteiger partial charge in [0.05, 0.1) is 6.04 Å². The minimum atomic E-state index is -0.451. The van der Waals surface area contributed by atoms with E-state index in [-0.39, 0.29) is 12.1 Å². The molecule has 3 atom stereocenters. The van der Waals surface area contributed by atoms with Gasteiger partial charge in [-0.1, -0.05) is 24.3 Å². The Kier molecular flexibility index (Phi) is 3.83. The molecule has 2 saturated heterocycles. The summed E-state index contributed by atoms with van der Waals surface area (Å²) in [6.07, 6.45) is 4.54. The van der Waals surface area contributed by atoms with Crippen LogP contribution in [0.5, 0.6) is 0 Å². The number of benzene rings is 1. The lowest BCUT2D eigenvalue weighted by atomic mass is 9.80. The number of fused-ring (bicyclic) bond motifs is 5. The van der Waals surface area contributed by atoms with Gasteiger partial charge in [-0.3, -0.25) is 9.80 Å². The summed E-state index contributed by atoms with van der Waals surface area (Å²) in [5.41, 5.74) is 2.27. The SMILES string of the molecule is CC(C)(C)OC(=O)N1C[C@@H]2CCCN2[C@@H]2CCc3ccccc3[C@H]21. The fourth-order valence-corrected chi connectivity index (χ4v) is 4.78. The molecule has 2 fully saturated rings. The van der Waals surface area contributed by atoms with E-state index in [1.165, 1.54) is 30.5 Å². The second-order valence-corrected chi connectivity index (χ2v) is 8.42. The largest absolute Gasteiger partial charge is 0.444 e. The van der Waals surface area contributed by atoms with Gasteiger partial charge < -0.3 is 4.74 Å². The second-order valence-electron chi connectivity index (χ2n) is 8.42. The first-order valence-corrected chi connectivity index (χ1v) is 9.27. The molecule has 0 saturated carbocycles. The van der Waals surface area contributed by atoms with Gasteiger partial charge in [-0.2, -0.15) is 0 Å². The number of nitrogens with zero attached hydrogens (tertiary/aromatic N) is 2. The lowest BCUT2D eigenvalue weighted by Crippen LogP contribution is -2.60. The van der Waals surface area contributed by atoms with Crippen LogP contribution in [0.15, 0.2) is 24.3 Å². The summed E-state index contributed by atoms with van der Waals surface area (Å²) in [4.78, 5) is 17.6. The molecule has 1 aromatic carbocycles. The fraction of sp³-hybridized carbons (Fsp3) is 0.650. The van der Waals surface area contributed by atoms with E-state index in [0.717, 1.165) is 19.4 Å². The molecule has 1 amide bonds. The summed E-state index contributed by atoms with van der Waals surface area (Å²) in [7, 11) is 0. The minimum Gasteiger partial charge on any atom is -0.444 e. The van der Waals surface area contributed by atoms with Gasteiger partial charge in [0.2, 0.25) is 0 Å². The van der Waals surface area contributed by atoms with Crippen molar-refractivity contribution in [2.24, 2.45) is 0 Å². The standard InChI is InChI=1S/C20H28N2O2/c1-20(2,3)24-19(23)22-13-15-8-6-12-21(15)17-11-10-14-7-4-5-9-16(14)18(17)22/h4-5,7,9,15,17-18H,6,8,10-13H2,1-3H3/t15-,17+,18+/m0/s1. The first-order chi connectivity index (χ1) is 11.4.